The van der Waals surface area contributed by atoms with Crippen LogP contribution in [-0.2, 0) is 0 Å². The van der Waals surface area contributed by atoms with Crippen molar-refractivity contribution < 1.29 is 14.7 Å². The Labute approximate surface area is 134 Å². The molecule has 2 aromatic rings. The Balaban J connectivity index is 2.31. The van der Waals surface area contributed by atoms with Crippen molar-refractivity contribution in [2.45, 2.75) is 6.92 Å². The summed E-state index contributed by atoms with van der Waals surface area (Å²) in [5.41, 5.74) is 1.71. The third-order valence-corrected chi connectivity index (χ3v) is 3.55. The Morgan fingerprint density at radius 3 is 2.48 bits per heavy atom. The third-order valence-electron chi connectivity index (χ3n) is 2.77. The van der Waals surface area contributed by atoms with Gasteiger partial charge in [0.25, 0.3) is 5.91 Å². The molecule has 2 N–H and O–H groups in total. The number of aryl methyl sites for hydroxylation is 1. The number of carboxylic acid groups (broad SMARTS) is 1. The number of amides is 1. The zero-order valence-corrected chi connectivity index (χ0v) is 13.3. The number of hydrogen-bond acceptors (Lipinski definition) is 2. The summed E-state index contributed by atoms with van der Waals surface area (Å²) < 4.78 is 0.790. The minimum absolute atomic E-state index is 0.0557. The Bertz CT molecular complexity index is 711. The van der Waals surface area contributed by atoms with E-state index in [1.54, 1.807) is 12.1 Å². The summed E-state index contributed by atoms with van der Waals surface area (Å²) in [6, 6.07) is 9.44. The van der Waals surface area contributed by atoms with Crippen LogP contribution in [-0.4, -0.2) is 17.0 Å². The van der Waals surface area contributed by atoms with Gasteiger partial charge < -0.3 is 10.4 Å². The van der Waals surface area contributed by atoms with Gasteiger partial charge in [-0.3, -0.25) is 4.79 Å². The molecule has 0 bridgehead atoms. The van der Waals surface area contributed by atoms with E-state index >= 15 is 0 Å². The summed E-state index contributed by atoms with van der Waals surface area (Å²) >= 11 is 9.31. The molecule has 6 heteroatoms. The lowest BCUT2D eigenvalue weighted by Gasteiger charge is -2.09. The van der Waals surface area contributed by atoms with Gasteiger partial charge in [-0.1, -0.05) is 27.5 Å². The summed E-state index contributed by atoms with van der Waals surface area (Å²) in [4.78, 5) is 23.2. The number of carbonyl (C=O) groups is 2. The van der Waals surface area contributed by atoms with Crippen LogP contribution in [0, 0.1) is 6.92 Å². The normalized spacial score (nSPS) is 10.2. The zero-order valence-electron chi connectivity index (χ0n) is 11.0. The molecule has 0 saturated carbocycles. The van der Waals surface area contributed by atoms with Crippen molar-refractivity contribution in [3.8, 4) is 0 Å². The Kier molecular flexibility index (Phi) is 4.65. The van der Waals surface area contributed by atoms with E-state index in [0.717, 1.165) is 10.0 Å². The molecule has 0 atom stereocenters. The number of carbonyl (C=O) groups excluding carboxylic acids is 1. The minimum atomic E-state index is -1.08. The van der Waals surface area contributed by atoms with Crippen LogP contribution in [0.3, 0.4) is 0 Å². The van der Waals surface area contributed by atoms with Gasteiger partial charge in [0, 0.05) is 10.0 Å². The second-order valence-electron chi connectivity index (χ2n) is 4.47. The van der Waals surface area contributed by atoms with Gasteiger partial charge in [-0.2, -0.15) is 0 Å². The Hall–Kier alpha value is -1.85. The lowest BCUT2D eigenvalue weighted by Crippen LogP contribution is -2.13. The van der Waals surface area contributed by atoms with Crippen LogP contribution in [0.5, 0.6) is 0 Å². The van der Waals surface area contributed by atoms with Gasteiger partial charge in [0.05, 0.1) is 16.3 Å². The highest BCUT2D eigenvalue weighted by atomic mass is 79.9. The Morgan fingerprint density at radius 1 is 1.14 bits per heavy atom. The highest BCUT2D eigenvalue weighted by Gasteiger charge is 2.12. The predicted octanol–water partition coefficient (Wildman–Crippen LogP) is 4.36. The molecule has 0 heterocycles. The molecule has 21 heavy (non-hydrogen) atoms. The molecule has 0 saturated heterocycles. The standard InChI is InChI=1S/C15H11BrClNO3/c1-8-4-10(6-11(16)5-8)14(19)18-13-7-9(15(20)21)2-3-12(13)17/h2-7H,1H3,(H,18,19)(H,20,21). The number of benzene rings is 2. The molecule has 0 aliphatic rings. The predicted molar refractivity (Wildman–Crippen MR) is 85.2 cm³/mol. The number of aromatic carboxylic acids is 1. The first kappa shape index (κ1) is 15.5. The molecule has 0 unspecified atom stereocenters. The molecular weight excluding hydrogens is 358 g/mol. The lowest BCUT2D eigenvalue weighted by atomic mass is 10.1. The summed E-state index contributed by atoms with van der Waals surface area (Å²) in [6.45, 7) is 1.87. The molecule has 0 aliphatic carbocycles. The van der Waals surface area contributed by atoms with Crippen LogP contribution >= 0.6 is 27.5 Å². The molecule has 108 valence electrons. The molecule has 0 aromatic heterocycles. The largest absolute Gasteiger partial charge is 0.478 e. The first-order valence-corrected chi connectivity index (χ1v) is 7.15. The van der Waals surface area contributed by atoms with Gasteiger partial charge in [-0.05, 0) is 48.9 Å². The number of hydrogen-bond donors (Lipinski definition) is 2. The first-order valence-electron chi connectivity index (χ1n) is 5.98. The topological polar surface area (TPSA) is 66.4 Å². The molecular formula is C15H11BrClNO3. The van der Waals surface area contributed by atoms with Gasteiger partial charge in [-0.15, -0.1) is 0 Å². The van der Waals surface area contributed by atoms with Gasteiger partial charge in [0.2, 0.25) is 0 Å². The van der Waals surface area contributed by atoms with Crippen molar-refractivity contribution >= 4 is 45.1 Å². The quantitative estimate of drug-likeness (QED) is 0.846. The van der Waals surface area contributed by atoms with Crippen molar-refractivity contribution in [1.82, 2.24) is 0 Å². The summed E-state index contributed by atoms with van der Waals surface area (Å²) in [7, 11) is 0. The lowest BCUT2D eigenvalue weighted by molar-refractivity contribution is 0.0696. The molecule has 0 aliphatic heterocycles. The second-order valence-corrected chi connectivity index (χ2v) is 5.79. The number of anilines is 1. The van der Waals surface area contributed by atoms with E-state index in [0.29, 0.717) is 5.56 Å². The van der Waals surface area contributed by atoms with Gasteiger partial charge in [0.15, 0.2) is 0 Å². The van der Waals surface area contributed by atoms with E-state index in [4.69, 9.17) is 16.7 Å². The molecule has 0 fully saturated rings. The summed E-state index contributed by atoms with van der Waals surface area (Å²) in [5, 5.41) is 11.9. The fraction of sp³-hybridized carbons (Fsp3) is 0.0667. The molecule has 2 aromatic carbocycles. The highest BCUT2D eigenvalue weighted by molar-refractivity contribution is 9.10. The van der Waals surface area contributed by atoms with E-state index in [1.165, 1.54) is 18.2 Å². The smallest absolute Gasteiger partial charge is 0.335 e. The maximum Gasteiger partial charge on any atom is 0.335 e. The van der Waals surface area contributed by atoms with E-state index in [2.05, 4.69) is 21.2 Å². The van der Waals surface area contributed by atoms with Crippen molar-refractivity contribution in [3.63, 3.8) is 0 Å². The van der Waals surface area contributed by atoms with E-state index in [9.17, 15) is 9.59 Å². The maximum atomic E-state index is 12.2. The van der Waals surface area contributed by atoms with Gasteiger partial charge in [0.1, 0.15) is 0 Å². The fourth-order valence-corrected chi connectivity index (χ4v) is 2.59. The number of nitrogens with one attached hydrogen (secondary N) is 1. The van der Waals surface area contributed by atoms with Crippen LogP contribution in [0.1, 0.15) is 26.3 Å². The van der Waals surface area contributed by atoms with Gasteiger partial charge in [-0.25, -0.2) is 4.79 Å². The summed E-state index contributed by atoms with van der Waals surface area (Å²) in [5.74, 6) is -1.44. The molecule has 4 nitrogen and oxygen atoms in total. The maximum absolute atomic E-state index is 12.2. The van der Waals surface area contributed by atoms with Crippen LogP contribution in [0.25, 0.3) is 0 Å². The van der Waals surface area contributed by atoms with E-state index in [1.807, 2.05) is 13.0 Å². The number of halogens is 2. The monoisotopic (exact) mass is 367 g/mol. The van der Waals surface area contributed by atoms with Crippen LogP contribution in [0.2, 0.25) is 5.02 Å². The third kappa shape index (κ3) is 3.83. The molecule has 0 radical (unpaired) electrons. The Morgan fingerprint density at radius 2 is 1.86 bits per heavy atom. The summed E-state index contributed by atoms with van der Waals surface area (Å²) in [6.07, 6.45) is 0. The van der Waals surface area contributed by atoms with Crippen LogP contribution in [0.15, 0.2) is 40.9 Å². The van der Waals surface area contributed by atoms with Crippen molar-refractivity contribution in [2.75, 3.05) is 5.32 Å². The van der Waals surface area contributed by atoms with Crippen LogP contribution < -0.4 is 5.32 Å². The SMILES string of the molecule is Cc1cc(Br)cc(C(=O)Nc2cc(C(=O)O)ccc2Cl)c1. The number of rotatable bonds is 3. The van der Waals surface area contributed by atoms with Crippen molar-refractivity contribution in [3.05, 3.63) is 62.6 Å². The van der Waals surface area contributed by atoms with Crippen molar-refractivity contribution in [2.24, 2.45) is 0 Å². The second kappa shape index (κ2) is 6.28. The van der Waals surface area contributed by atoms with Gasteiger partial charge >= 0.3 is 5.97 Å². The van der Waals surface area contributed by atoms with Crippen molar-refractivity contribution in [1.29, 1.82) is 0 Å². The number of carboxylic acids is 1. The highest BCUT2D eigenvalue weighted by Crippen LogP contribution is 2.24. The van der Waals surface area contributed by atoms with E-state index < -0.39 is 5.97 Å². The van der Waals surface area contributed by atoms with Crippen LogP contribution in [0.4, 0.5) is 5.69 Å². The van der Waals surface area contributed by atoms with E-state index in [-0.39, 0.29) is 22.2 Å². The molecule has 2 rings (SSSR count). The molecule has 1 amide bonds. The molecule has 0 spiro atoms. The average molecular weight is 369 g/mol. The fourth-order valence-electron chi connectivity index (χ4n) is 1.82. The zero-order chi connectivity index (χ0) is 15.6. The minimum Gasteiger partial charge on any atom is -0.478 e. The first-order chi connectivity index (χ1) is 9.86. The average Bonchev–Trinajstić information content (AvgIpc) is 2.39.